The number of halogens is 3. The van der Waals surface area contributed by atoms with Gasteiger partial charge in [0, 0.05) is 30.5 Å². The van der Waals surface area contributed by atoms with Crippen LogP contribution in [0, 0.1) is 0 Å². The number of piperidine rings is 1. The fourth-order valence-corrected chi connectivity index (χ4v) is 8.27. The average molecular weight is 578 g/mol. The zero-order valence-corrected chi connectivity index (χ0v) is 22.1. The van der Waals surface area contributed by atoms with Crippen LogP contribution < -0.4 is 9.62 Å². The van der Waals surface area contributed by atoms with Gasteiger partial charge in [0.2, 0.25) is 0 Å². The molecule has 1 N–H and O–H groups in total. The Kier molecular flexibility index (Phi) is 7.04. The van der Waals surface area contributed by atoms with E-state index >= 15 is 4.39 Å². The molecular weight excluding hydrogens is 558 g/mol. The zero-order valence-electron chi connectivity index (χ0n) is 18.2. The molecule has 7 nitrogen and oxygen atoms in total. The topological polar surface area (TPSA) is 101 Å². The summed E-state index contributed by atoms with van der Waals surface area (Å²) in [6.07, 6.45) is 0.965. The van der Waals surface area contributed by atoms with Crippen molar-refractivity contribution in [2.75, 3.05) is 17.7 Å². The summed E-state index contributed by atoms with van der Waals surface area (Å²) >= 11 is 12.4. The number of nitrogens with one attached hydrogen (secondary N) is 1. The summed E-state index contributed by atoms with van der Waals surface area (Å²) in [5.74, 6) is -3.94. The number of alkyl halides is 1. The molecule has 1 aliphatic heterocycles. The number of sulfonamides is 1. The fourth-order valence-electron chi connectivity index (χ4n) is 3.86. The largest absolute Gasteiger partial charge is 0.308 e. The highest BCUT2D eigenvalue weighted by Gasteiger charge is 2.48. The summed E-state index contributed by atoms with van der Waals surface area (Å²) in [5, 5.41) is -0.166. The molecule has 35 heavy (non-hydrogen) atoms. The van der Waals surface area contributed by atoms with Crippen LogP contribution in [0.5, 0.6) is 0 Å². The number of anilines is 1. The molecule has 1 saturated heterocycles. The smallest absolute Gasteiger partial charge is 0.280 e. The summed E-state index contributed by atoms with van der Waals surface area (Å²) in [6, 6.07) is 14.1. The maximum atomic E-state index is 15.7. The molecule has 2 heterocycles. The van der Waals surface area contributed by atoms with Crippen molar-refractivity contribution >= 4 is 66.0 Å². The van der Waals surface area contributed by atoms with Gasteiger partial charge in [-0.15, -0.1) is 11.3 Å². The highest BCUT2D eigenvalue weighted by molar-refractivity contribution is 7.92. The summed E-state index contributed by atoms with van der Waals surface area (Å²) in [7, 11) is -7.93. The lowest BCUT2D eigenvalue weighted by Crippen LogP contribution is -2.60. The molecule has 1 unspecified atom stereocenters. The van der Waals surface area contributed by atoms with Crippen LogP contribution in [0.1, 0.15) is 12.8 Å². The van der Waals surface area contributed by atoms with Crippen LogP contribution in [0.4, 0.5) is 10.1 Å². The molecule has 1 fully saturated rings. The highest BCUT2D eigenvalue weighted by Crippen LogP contribution is 2.37. The van der Waals surface area contributed by atoms with E-state index in [2.05, 4.69) is 0 Å². The molecule has 186 valence electrons. The van der Waals surface area contributed by atoms with Crippen LogP contribution in [0.25, 0.3) is 11.1 Å². The number of hydrogen-bond acceptors (Lipinski definition) is 6. The Morgan fingerprint density at radius 3 is 2.31 bits per heavy atom. The van der Waals surface area contributed by atoms with Crippen molar-refractivity contribution < 1.29 is 26.0 Å². The van der Waals surface area contributed by atoms with E-state index in [0.29, 0.717) is 28.2 Å². The Morgan fingerprint density at radius 1 is 1.06 bits per heavy atom. The van der Waals surface area contributed by atoms with E-state index in [4.69, 9.17) is 23.2 Å². The second-order valence-electron chi connectivity index (χ2n) is 7.97. The van der Waals surface area contributed by atoms with Crippen LogP contribution in [0.2, 0.25) is 9.36 Å². The second-order valence-corrected chi connectivity index (χ2v) is 13.9. The maximum absolute atomic E-state index is 15.7. The minimum absolute atomic E-state index is 0.109. The van der Waals surface area contributed by atoms with Crippen molar-refractivity contribution in [1.29, 1.82) is 0 Å². The van der Waals surface area contributed by atoms with E-state index < -0.39 is 31.6 Å². The lowest BCUT2D eigenvalue weighted by Gasteiger charge is -2.36. The summed E-state index contributed by atoms with van der Waals surface area (Å²) in [6.45, 7) is 0.178. The number of hydrogen-bond donors (Lipinski definition) is 1. The number of sulfone groups is 1. The van der Waals surface area contributed by atoms with Crippen LogP contribution in [0.15, 0.2) is 63.7 Å². The number of thiophene rings is 1. The predicted molar refractivity (Wildman–Crippen MR) is 135 cm³/mol. The van der Waals surface area contributed by atoms with Gasteiger partial charge in [-0.1, -0.05) is 53.5 Å². The lowest BCUT2D eigenvalue weighted by atomic mass is 10.0. The van der Waals surface area contributed by atoms with Crippen molar-refractivity contribution in [2.24, 2.45) is 0 Å². The predicted octanol–water partition coefficient (Wildman–Crippen LogP) is 4.90. The third kappa shape index (κ3) is 5.25. The molecule has 3 aromatic rings. The normalized spacial score (nSPS) is 19.2. The number of nitrogens with zero attached hydrogens (tertiary/aromatic N) is 1. The first-order valence-corrected chi connectivity index (χ1v) is 15.2. The Bertz CT molecular complexity index is 1510. The second kappa shape index (κ2) is 9.45. The molecule has 1 aliphatic rings. The van der Waals surface area contributed by atoms with Crippen molar-refractivity contribution in [1.82, 2.24) is 4.72 Å². The summed E-state index contributed by atoms with van der Waals surface area (Å²) in [5.41, 5.74) is 1.43. The SMILES string of the molecule is CS(=O)(=O)c1ccccc1-c1ccc(N2CCCC(F)(NS(=O)(=O)c3sc(Cl)cc3Cl)C2=O)cc1. The Morgan fingerprint density at radius 2 is 1.71 bits per heavy atom. The van der Waals surface area contributed by atoms with Crippen LogP contribution in [-0.2, 0) is 24.7 Å². The Balaban J connectivity index is 1.61. The van der Waals surface area contributed by atoms with Gasteiger partial charge in [0.25, 0.3) is 21.7 Å². The Labute approximate surface area is 216 Å². The monoisotopic (exact) mass is 576 g/mol. The first-order valence-electron chi connectivity index (χ1n) is 10.2. The first kappa shape index (κ1) is 26.1. The molecule has 0 saturated carbocycles. The Hall–Kier alpha value is -2.02. The van der Waals surface area contributed by atoms with Crippen molar-refractivity contribution in [2.45, 2.75) is 27.7 Å². The van der Waals surface area contributed by atoms with Gasteiger partial charge in [-0.2, -0.15) is 4.72 Å². The highest BCUT2D eigenvalue weighted by atomic mass is 35.5. The molecule has 13 heteroatoms. The molecule has 0 bridgehead atoms. The first-order chi connectivity index (χ1) is 16.3. The van der Waals surface area contributed by atoms with Crippen molar-refractivity contribution in [3.63, 3.8) is 0 Å². The van der Waals surface area contributed by atoms with Crippen molar-refractivity contribution in [3.05, 3.63) is 64.0 Å². The van der Waals surface area contributed by atoms with E-state index in [1.807, 2.05) is 4.72 Å². The van der Waals surface area contributed by atoms with Crippen molar-refractivity contribution in [3.8, 4) is 11.1 Å². The minimum Gasteiger partial charge on any atom is -0.308 e. The standard InChI is InChI=1S/C22H19Cl2FN2O5S3/c1-34(29,30)18-6-3-2-5-16(18)14-7-9-15(10-8-14)27-12-4-11-22(25,21(27)28)26-35(31,32)20-17(23)13-19(24)33-20/h2-3,5-10,13,26H,4,11-12H2,1H3. The molecule has 1 atom stereocenters. The molecule has 1 amide bonds. The molecule has 0 spiro atoms. The molecule has 0 aliphatic carbocycles. The van der Waals surface area contributed by atoms with E-state index in [1.54, 1.807) is 42.5 Å². The molecule has 2 aromatic carbocycles. The number of benzene rings is 2. The fraction of sp³-hybridized carbons (Fsp3) is 0.227. The molecule has 4 rings (SSSR count). The van der Waals surface area contributed by atoms with E-state index in [-0.39, 0.29) is 37.9 Å². The van der Waals surface area contributed by atoms with E-state index in [0.717, 1.165) is 11.2 Å². The van der Waals surface area contributed by atoms with Gasteiger partial charge in [-0.25, -0.2) is 21.2 Å². The molecule has 0 radical (unpaired) electrons. The van der Waals surface area contributed by atoms with Gasteiger partial charge < -0.3 is 4.90 Å². The quantitative estimate of drug-likeness (QED) is 0.421. The van der Waals surface area contributed by atoms with Gasteiger partial charge in [0.1, 0.15) is 0 Å². The average Bonchev–Trinajstić information content (AvgIpc) is 3.14. The number of rotatable bonds is 6. The van der Waals surface area contributed by atoms with Gasteiger partial charge in [-0.3, -0.25) is 4.79 Å². The van der Waals surface area contributed by atoms with E-state index in [9.17, 15) is 21.6 Å². The lowest BCUT2D eigenvalue weighted by molar-refractivity contribution is -0.133. The van der Waals surface area contributed by atoms with Gasteiger partial charge in [0.15, 0.2) is 14.0 Å². The third-order valence-electron chi connectivity index (χ3n) is 5.43. The number of carbonyl (C=O) groups is 1. The molecular formula is C22H19Cl2FN2O5S3. The number of carbonyl (C=O) groups excluding carboxylic acids is 1. The third-order valence-corrected chi connectivity index (χ3v) is 10.4. The van der Waals surface area contributed by atoms with Gasteiger partial charge in [0.05, 0.1) is 14.3 Å². The minimum atomic E-state index is -4.46. The van der Waals surface area contributed by atoms with Gasteiger partial charge >= 0.3 is 0 Å². The maximum Gasteiger partial charge on any atom is 0.280 e. The van der Waals surface area contributed by atoms with Crippen LogP contribution in [-0.4, -0.2) is 41.3 Å². The summed E-state index contributed by atoms with van der Waals surface area (Å²) in [4.78, 5) is 14.4. The van der Waals surface area contributed by atoms with Crippen LogP contribution in [0.3, 0.4) is 0 Å². The summed E-state index contributed by atoms with van der Waals surface area (Å²) < 4.78 is 67.1. The molecule has 1 aromatic heterocycles. The van der Waals surface area contributed by atoms with E-state index in [1.165, 1.54) is 12.1 Å². The van der Waals surface area contributed by atoms with Crippen LogP contribution >= 0.6 is 34.5 Å². The zero-order chi connectivity index (χ0) is 25.6. The van der Waals surface area contributed by atoms with Gasteiger partial charge in [-0.05, 0) is 36.2 Å². The number of amides is 1.